The fraction of sp³-hybridized carbons (Fsp3) is 0.545. The number of nitrogens with one attached hydrogen (secondary N) is 2. The smallest absolute Gasteiger partial charge is 0.326 e. The molecule has 2 atom stereocenters. The van der Waals surface area contributed by atoms with E-state index < -0.39 is 24.0 Å². The molecule has 7 heteroatoms. The quantitative estimate of drug-likeness (QED) is 0.530. The number of aromatic amines is 1. The summed E-state index contributed by atoms with van der Waals surface area (Å²) in [5.41, 5.74) is 6.27. The molecule has 0 bridgehead atoms. The van der Waals surface area contributed by atoms with Crippen molar-refractivity contribution in [2.75, 3.05) is 0 Å². The maximum atomic E-state index is 11.7. The molecule has 0 aromatic carbocycles. The Hall–Kier alpha value is -1.89. The monoisotopic (exact) mass is 254 g/mol. The van der Waals surface area contributed by atoms with Gasteiger partial charge in [0, 0.05) is 18.3 Å². The van der Waals surface area contributed by atoms with Crippen molar-refractivity contribution in [2.45, 2.75) is 38.3 Å². The molecule has 0 spiro atoms. The van der Waals surface area contributed by atoms with Crippen molar-refractivity contribution >= 4 is 11.9 Å². The Morgan fingerprint density at radius 2 is 2.33 bits per heavy atom. The summed E-state index contributed by atoms with van der Waals surface area (Å²) in [5.74, 6) is -1.54. The van der Waals surface area contributed by atoms with Crippen LogP contribution >= 0.6 is 0 Å². The van der Waals surface area contributed by atoms with Crippen LogP contribution in [0.4, 0.5) is 0 Å². The van der Waals surface area contributed by atoms with E-state index >= 15 is 0 Å². The lowest BCUT2D eigenvalue weighted by Gasteiger charge is -2.16. The maximum Gasteiger partial charge on any atom is 0.326 e. The number of carbonyl (C=O) groups excluding carboxylic acids is 1. The number of carboxylic acids is 1. The predicted molar refractivity (Wildman–Crippen MR) is 64.7 cm³/mol. The first-order valence-electron chi connectivity index (χ1n) is 5.80. The molecule has 1 aromatic rings. The number of hydrogen-bond acceptors (Lipinski definition) is 4. The van der Waals surface area contributed by atoms with Crippen molar-refractivity contribution in [3.8, 4) is 0 Å². The molecule has 0 radical (unpaired) electrons. The highest BCUT2D eigenvalue weighted by molar-refractivity contribution is 5.86. The van der Waals surface area contributed by atoms with Gasteiger partial charge in [-0.3, -0.25) is 4.79 Å². The molecule has 1 aromatic heterocycles. The summed E-state index contributed by atoms with van der Waals surface area (Å²) in [6.45, 7) is 1.91. The summed E-state index contributed by atoms with van der Waals surface area (Å²) in [5, 5.41) is 11.5. The Kier molecular flexibility index (Phi) is 5.31. The molecule has 0 aliphatic heterocycles. The van der Waals surface area contributed by atoms with Crippen molar-refractivity contribution in [1.82, 2.24) is 15.3 Å². The van der Waals surface area contributed by atoms with Gasteiger partial charge in [-0.1, -0.05) is 13.3 Å². The Morgan fingerprint density at radius 3 is 2.83 bits per heavy atom. The van der Waals surface area contributed by atoms with Gasteiger partial charge in [-0.15, -0.1) is 0 Å². The Bertz CT molecular complexity index is 391. The van der Waals surface area contributed by atoms with Crippen molar-refractivity contribution < 1.29 is 14.7 Å². The number of H-pyrrole nitrogens is 1. The zero-order valence-corrected chi connectivity index (χ0v) is 10.2. The number of nitrogens with two attached hydrogens (primary N) is 1. The second-order valence-electron chi connectivity index (χ2n) is 4.08. The Labute approximate surface area is 105 Å². The van der Waals surface area contributed by atoms with E-state index in [2.05, 4.69) is 15.3 Å². The number of nitrogens with zero attached hydrogens (tertiary/aromatic N) is 1. The number of carbonyl (C=O) groups is 2. The van der Waals surface area contributed by atoms with Crippen LogP contribution < -0.4 is 11.1 Å². The van der Waals surface area contributed by atoms with Gasteiger partial charge in [-0.25, -0.2) is 9.78 Å². The van der Waals surface area contributed by atoms with Gasteiger partial charge >= 0.3 is 5.97 Å². The summed E-state index contributed by atoms with van der Waals surface area (Å²) >= 11 is 0. The molecule has 5 N–H and O–H groups in total. The molecule has 1 amide bonds. The van der Waals surface area contributed by atoms with Crippen molar-refractivity contribution in [3.05, 3.63) is 18.2 Å². The van der Waals surface area contributed by atoms with Gasteiger partial charge in [0.2, 0.25) is 5.91 Å². The fourth-order valence-corrected chi connectivity index (χ4v) is 1.54. The van der Waals surface area contributed by atoms with E-state index in [9.17, 15) is 9.59 Å². The van der Waals surface area contributed by atoms with Gasteiger partial charge in [0.25, 0.3) is 0 Å². The fourth-order valence-electron chi connectivity index (χ4n) is 1.54. The first kappa shape index (κ1) is 14.2. The summed E-state index contributed by atoms with van der Waals surface area (Å²) in [7, 11) is 0. The Balaban J connectivity index is 2.58. The average Bonchev–Trinajstić information content (AvgIpc) is 2.81. The normalized spacial score (nSPS) is 13.9. The van der Waals surface area contributed by atoms with Gasteiger partial charge in [0.15, 0.2) is 0 Å². The van der Waals surface area contributed by atoms with Crippen LogP contribution in [-0.2, 0) is 16.0 Å². The number of carboxylic acid groups (broad SMARTS) is 1. The number of hydrogen-bond donors (Lipinski definition) is 4. The number of imidazole rings is 1. The molecule has 0 saturated heterocycles. The lowest BCUT2D eigenvalue weighted by molar-refractivity contribution is -0.142. The lowest BCUT2D eigenvalue weighted by atomic mass is 10.1. The highest BCUT2D eigenvalue weighted by Crippen LogP contribution is 2.00. The first-order chi connectivity index (χ1) is 8.54. The SMILES string of the molecule is CCCC(N)C(=O)NC(Cc1cnc[nH]1)C(=O)O. The van der Waals surface area contributed by atoms with Gasteiger partial charge in [0.1, 0.15) is 6.04 Å². The molecule has 1 heterocycles. The molecule has 18 heavy (non-hydrogen) atoms. The van der Waals surface area contributed by atoms with Crippen LogP contribution in [0.25, 0.3) is 0 Å². The minimum absolute atomic E-state index is 0.153. The van der Waals surface area contributed by atoms with E-state index in [0.29, 0.717) is 12.1 Å². The van der Waals surface area contributed by atoms with Crippen LogP contribution in [0, 0.1) is 0 Å². The molecule has 2 unspecified atom stereocenters. The van der Waals surface area contributed by atoms with Crippen molar-refractivity contribution in [1.29, 1.82) is 0 Å². The zero-order valence-electron chi connectivity index (χ0n) is 10.2. The Morgan fingerprint density at radius 1 is 1.61 bits per heavy atom. The molecular formula is C11H18N4O3. The van der Waals surface area contributed by atoms with E-state index in [1.54, 1.807) is 0 Å². The van der Waals surface area contributed by atoms with Crippen LogP contribution in [0.1, 0.15) is 25.5 Å². The molecular weight excluding hydrogens is 236 g/mol. The van der Waals surface area contributed by atoms with E-state index in [-0.39, 0.29) is 6.42 Å². The third kappa shape index (κ3) is 4.17. The summed E-state index contributed by atoms with van der Waals surface area (Å²) in [4.78, 5) is 29.3. The van der Waals surface area contributed by atoms with Gasteiger partial charge in [-0.2, -0.15) is 0 Å². The highest BCUT2D eigenvalue weighted by atomic mass is 16.4. The first-order valence-corrected chi connectivity index (χ1v) is 5.80. The van der Waals surface area contributed by atoms with E-state index in [4.69, 9.17) is 10.8 Å². The molecule has 0 fully saturated rings. The van der Waals surface area contributed by atoms with Crippen LogP contribution in [0.2, 0.25) is 0 Å². The van der Waals surface area contributed by atoms with Gasteiger partial charge < -0.3 is 21.1 Å². The highest BCUT2D eigenvalue weighted by Gasteiger charge is 2.23. The average molecular weight is 254 g/mol. The number of amides is 1. The molecule has 7 nitrogen and oxygen atoms in total. The van der Waals surface area contributed by atoms with Gasteiger partial charge in [-0.05, 0) is 6.42 Å². The lowest BCUT2D eigenvalue weighted by Crippen LogP contribution is -2.49. The minimum atomic E-state index is -1.10. The van der Waals surface area contributed by atoms with Crippen LogP contribution in [-0.4, -0.2) is 39.0 Å². The van der Waals surface area contributed by atoms with Crippen molar-refractivity contribution in [2.24, 2.45) is 5.73 Å². The van der Waals surface area contributed by atoms with E-state index in [1.165, 1.54) is 12.5 Å². The van der Waals surface area contributed by atoms with E-state index in [0.717, 1.165) is 6.42 Å². The number of aromatic nitrogens is 2. The van der Waals surface area contributed by atoms with Crippen molar-refractivity contribution in [3.63, 3.8) is 0 Å². The molecule has 0 aliphatic rings. The topological polar surface area (TPSA) is 121 Å². The largest absolute Gasteiger partial charge is 0.480 e. The number of rotatable bonds is 7. The standard InChI is InChI=1S/C11H18N4O3/c1-2-3-8(12)10(16)15-9(11(17)18)4-7-5-13-6-14-7/h5-6,8-9H,2-4,12H2,1H3,(H,13,14)(H,15,16)(H,17,18). The van der Waals surface area contributed by atoms with Gasteiger partial charge in [0.05, 0.1) is 12.4 Å². The minimum Gasteiger partial charge on any atom is -0.480 e. The summed E-state index contributed by atoms with van der Waals surface area (Å²) in [6, 6.07) is -1.67. The molecule has 0 aliphatic carbocycles. The predicted octanol–water partition coefficient (Wildman–Crippen LogP) is -0.351. The molecule has 100 valence electrons. The van der Waals surface area contributed by atoms with Crippen LogP contribution in [0.15, 0.2) is 12.5 Å². The third-order valence-corrected chi connectivity index (χ3v) is 2.53. The van der Waals surface area contributed by atoms with Crippen LogP contribution in [0.5, 0.6) is 0 Å². The molecule has 0 saturated carbocycles. The summed E-state index contributed by atoms with van der Waals surface area (Å²) < 4.78 is 0. The van der Waals surface area contributed by atoms with Crippen LogP contribution in [0.3, 0.4) is 0 Å². The van der Waals surface area contributed by atoms with E-state index in [1.807, 2.05) is 6.92 Å². The second-order valence-corrected chi connectivity index (χ2v) is 4.08. The second kappa shape index (κ2) is 6.75. The number of aliphatic carboxylic acids is 1. The summed E-state index contributed by atoms with van der Waals surface area (Å²) in [6.07, 6.45) is 4.43. The third-order valence-electron chi connectivity index (χ3n) is 2.53. The maximum absolute atomic E-state index is 11.7. The zero-order chi connectivity index (χ0) is 13.5. The molecule has 1 rings (SSSR count).